The first-order valence-electron chi connectivity index (χ1n) is 11.1. The van der Waals surface area contributed by atoms with Crippen LogP contribution in [0.2, 0.25) is 0 Å². The number of carbonyl (C=O) groups excluding carboxylic acids is 1. The predicted molar refractivity (Wildman–Crippen MR) is 125 cm³/mol. The molecule has 8 heteroatoms. The summed E-state index contributed by atoms with van der Waals surface area (Å²) in [5, 5.41) is 12.7. The lowest BCUT2D eigenvalue weighted by molar-refractivity contribution is -0.131. The summed E-state index contributed by atoms with van der Waals surface area (Å²) in [5.41, 5.74) is 2.33. The molecule has 0 radical (unpaired) electrons. The Balaban J connectivity index is 1.22. The Kier molecular flexibility index (Phi) is 6.06. The zero-order valence-corrected chi connectivity index (χ0v) is 18.2. The van der Waals surface area contributed by atoms with Crippen molar-refractivity contribution in [3.8, 4) is 5.82 Å². The number of amides is 1. The lowest BCUT2D eigenvalue weighted by Gasteiger charge is -2.36. The van der Waals surface area contributed by atoms with Gasteiger partial charge in [-0.1, -0.05) is 60.7 Å². The first-order chi connectivity index (χ1) is 16.3. The minimum Gasteiger partial charge on any atom is -0.352 e. The van der Waals surface area contributed by atoms with Gasteiger partial charge < -0.3 is 9.80 Å². The zero-order chi connectivity index (χ0) is 22.5. The molecule has 0 bridgehead atoms. The van der Waals surface area contributed by atoms with Crippen LogP contribution in [0.3, 0.4) is 0 Å². The molecule has 2 aromatic carbocycles. The fraction of sp³-hybridized carbons (Fsp3) is 0.240. The second kappa shape index (κ2) is 9.60. The molecule has 5 rings (SSSR count). The highest BCUT2D eigenvalue weighted by atomic mass is 16.2. The van der Waals surface area contributed by atoms with Gasteiger partial charge in [-0.05, 0) is 23.3 Å². The van der Waals surface area contributed by atoms with Gasteiger partial charge >= 0.3 is 0 Å². The summed E-state index contributed by atoms with van der Waals surface area (Å²) in [4.78, 5) is 21.3. The molecule has 1 aliphatic rings. The highest BCUT2D eigenvalue weighted by molar-refractivity contribution is 5.78. The third-order valence-electron chi connectivity index (χ3n) is 6.03. The molecule has 4 aromatic rings. The second-order valence-corrected chi connectivity index (χ2v) is 8.04. The van der Waals surface area contributed by atoms with Crippen LogP contribution in [-0.4, -0.2) is 61.9 Å². The van der Waals surface area contributed by atoms with Crippen LogP contribution in [0.5, 0.6) is 0 Å². The maximum atomic E-state index is 13.2. The van der Waals surface area contributed by atoms with Crippen molar-refractivity contribution >= 4 is 11.7 Å². The van der Waals surface area contributed by atoms with Crippen molar-refractivity contribution in [2.45, 2.75) is 12.3 Å². The van der Waals surface area contributed by atoms with Crippen LogP contribution in [-0.2, 0) is 4.79 Å². The van der Waals surface area contributed by atoms with E-state index in [0.717, 1.165) is 18.9 Å². The molecule has 0 spiro atoms. The van der Waals surface area contributed by atoms with Gasteiger partial charge in [0, 0.05) is 38.5 Å². The Morgan fingerprint density at radius 1 is 0.788 bits per heavy atom. The second-order valence-electron chi connectivity index (χ2n) is 8.04. The molecule has 1 aliphatic heterocycles. The Hall–Kier alpha value is -4.07. The van der Waals surface area contributed by atoms with E-state index in [1.807, 2.05) is 53.4 Å². The number of rotatable bonds is 6. The highest BCUT2D eigenvalue weighted by Gasteiger charge is 2.25. The summed E-state index contributed by atoms with van der Waals surface area (Å²) in [7, 11) is 0. The number of nitrogens with zero attached hydrogens (tertiary/aromatic N) is 7. The van der Waals surface area contributed by atoms with Crippen LogP contribution < -0.4 is 4.90 Å². The molecule has 2 aromatic heterocycles. The van der Waals surface area contributed by atoms with E-state index >= 15 is 0 Å². The van der Waals surface area contributed by atoms with Crippen LogP contribution in [0.1, 0.15) is 23.5 Å². The minimum atomic E-state index is 0.0492. The molecule has 1 saturated heterocycles. The minimum absolute atomic E-state index is 0.0492. The van der Waals surface area contributed by atoms with E-state index in [-0.39, 0.29) is 11.8 Å². The standard InChI is InChI=1S/C25H25N7O/c33-25(17-22(20-7-3-1-4-8-20)21-9-5-2-6-10-21)31-15-13-30(14-16-31)23-11-12-24(29-28-23)32-19-26-18-27-32/h1-12,18-19,22H,13-17H2. The molecule has 0 unspecified atom stereocenters. The van der Waals surface area contributed by atoms with Crippen LogP contribution in [0, 0.1) is 0 Å². The number of carbonyl (C=O) groups is 1. The first-order valence-corrected chi connectivity index (χ1v) is 11.1. The SMILES string of the molecule is O=C(CC(c1ccccc1)c1ccccc1)N1CCN(c2ccc(-n3cncn3)nn2)CC1. The van der Waals surface area contributed by atoms with E-state index < -0.39 is 0 Å². The summed E-state index contributed by atoms with van der Waals surface area (Å²) in [6, 6.07) is 24.4. The summed E-state index contributed by atoms with van der Waals surface area (Å²) in [6.45, 7) is 2.79. The Morgan fingerprint density at radius 3 is 1.94 bits per heavy atom. The Morgan fingerprint density at radius 2 is 1.39 bits per heavy atom. The molecular formula is C25H25N7O. The van der Waals surface area contributed by atoms with Gasteiger partial charge in [-0.15, -0.1) is 10.2 Å². The summed E-state index contributed by atoms with van der Waals surface area (Å²) in [5.74, 6) is 1.66. The number of hydrogen-bond acceptors (Lipinski definition) is 6. The van der Waals surface area contributed by atoms with Gasteiger partial charge in [-0.2, -0.15) is 5.10 Å². The molecule has 0 atom stereocenters. The monoisotopic (exact) mass is 439 g/mol. The Labute approximate surface area is 192 Å². The van der Waals surface area contributed by atoms with Gasteiger partial charge in [0.25, 0.3) is 0 Å². The van der Waals surface area contributed by atoms with Gasteiger partial charge in [0.05, 0.1) is 0 Å². The number of benzene rings is 2. The lowest BCUT2D eigenvalue weighted by Crippen LogP contribution is -2.49. The molecule has 1 fully saturated rings. The van der Waals surface area contributed by atoms with Crippen LogP contribution in [0.15, 0.2) is 85.5 Å². The van der Waals surface area contributed by atoms with Crippen molar-refractivity contribution in [1.82, 2.24) is 29.9 Å². The van der Waals surface area contributed by atoms with Crippen molar-refractivity contribution in [2.24, 2.45) is 0 Å². The smallest absolute Gasteiger partial charge is 0.223 e. The highest BCUT2D eigenvalue weighted by Crippen LogP contribution is 2.29. The normalized spacial score (nSPS) is 14.0. The van der Waals surface area contributed by atoms with Crippen LogP contribution >= 0.6 is 0 Å². The van der Waals surface area contributed by atoms with E-state index in [9.17, 15) is 4.79 Å². The van der Waals surface area contributed by atoms with Crippen molar-refractivity contribution in [1.29, 1.82) is 0 Å². The maximum absolute atomic E-state index is 13.2. The largest absolute Gasteiger partial charge is 0.352 e. The van der Waals surface area contributed by atoms with Crippen molar-refractivity contribution < 1.29 is 4.79 Å². The molecule has 8 nitrogen and oxygen atoms in total. The molecule has 166 valence electrons. The van der Waals surface area contributed by atoms with E-state index in [1.54, 1.807) is 11.0 Å². The van der Waals surface area contributed by atoms with Gasteiger partial charge in [-0.3, -0.25) is 4.79 Å². The molecule has 0 aliphatic carbocycles. The third kappa shape index (κ3) is 4.74. The number of aromatic nitrogens is 5. The summed E-state index contributed by atoms with van der Waals surface area (Å²) in [6.07, 6.45) is 3.51. The maximum Gasteiger partial charge on any atom is 0.223 e. The predicted octanol–water partition coefficient (Wildman–Crippen LogP) is 2.93. The molecule has 3 heterocycles. The zero-order valence-electron chi connectivity index (χ0n) is 18.2. The number of piperazine rings is 1. The molecule has 0 saturated carbocycles. The quantitative estimate of drug-likeness (QED) is 0.460. The fourth-order valence-electron chi connectivity index (χ4n) is 4.22. The topological polar surface area (TPSA) is 80.0 Å². The van der Waals surface area contributed by atoms with Gasteiger partial charge in [0.2, 0.25) is 5.91 Å². The lowest BCUT2D eigenvalue weighted by atomic mass is 9.88. The number of hydrogen-bond donors (Lipinski definition) is 0. The van der Waals surface area contributed by atoms with Crippen LogP contribution in [0.4, 0.5) is 5.82 Å². The number of anilines is 1. The van der Waals surface area contributed by atoms with Gasteiger partial charge in [0.1, 0.15) is 12.7 Å². The van der Waals surface area contributed by atoms with E-state index in [4.69, 9.17) is 0 Å². The van der Waals surface area contributed by atoms with Gasteiger partial charge in [0.15, 0.2) is 11.6 Å². The third-order valence-corrected chi connectivity index (χ3v) is 6.03. The van der Waals surface area contributed by atoms with E-state index in [0.29, 0.717) is 25.3 Å². The van der Waals surface area contributed by atoms with Crippen molar-refractivity contribution in [3.63, 3.8) is 0 Å². The Bertz CT molecular complexity index is 1120. The summed E-state index contributed by atoms with van der Waals surface area (Å²) >= 11 is 0. The molecule has 33 heavy (non-hydrogen) atoms. The molecular weight excluding hydrogens is 414 g/mol. The summed E-state index contributed by atoms with van der Waals surface area (Å²) < 4.78 is 1.57. The van der Waals surface area contributed by atoms with E-state index in [2.05, 4.69) is 49.4 Å². The first kappa shape index (κ1) is 20.8. The fourth-order valence-corrected chi connectivity index (χ4v) is 4.22. The average Bonchev–Trinajstić information content (AvgIpc) is 3.44. The van der Waals surface area contributed by atoms with E-state index in [1.165, 1.54) is 17.5 Å². The van der Waals surface area contributed by atoms with Crippen LogP contribution in [0.25, 0.3) is 5.82 Å². The van der Waals surface area contributed by atoms with Crippen molar-refractivity contribution in [3.05, 3.63) is 96.6 Å². The van der Waals surface area contributed by atoms with Crippen molar-refractivity contribution in [2.75, 3.05) is 31.1 Å². The van der Waals surface area contributed by atoms with Gasteiger partial charge in [-0.25, -0.2) is 9.67 Å². The average molecular weight is 440 g/mol. The molecule has 1 amide bonds. The molecule has 0 N–H and O–H groups in total.